The number of hydrogen-bond donors (Lipinski definition) is 4. The lowest BCUT2D eigenvalue weighted by molar-refractivity contribution is -0.114. The van der Waals surface area contributed by atoms with Gasteiger partial charge in [-0.05, 0) is 0 Å². The average molecular weight is 185 g/mol. The Morgan fingerprint density at radius 2 is 2.00 bits per heavy atom. The van der Waals surface area contributed by atoms with Crippen molar-refractivity contribution < 1.29 is 14.7 Å². The fourth-order valence-corrected chi connectivity index (χ4v) is 0.832. The predicted molar refractivity (Wildman–Crippen MR) is 42.7 cm³/mol. The van der Waals surface area contributed by atoms with Crippen LogP contribution >= 0.6 is 0 Å². The van der Waals surface area contributed by atoms with Crippen molar-refractivity contribution in [3.8, 4) is 0 Å². The van der Waals surface area contributed by atoms with E-state index in [1.54, 1.807) is 0 Å². The molecule has 0 aliphatic heterocycles. The summed E-state index contributed by atoms with van der Waals surface area (Å²) in [6, 6.07) is 0. The van der Waals surface area contributed by atoms with Gasteiger partial charge < -0.3 is 10.4 Å². The molecule has 4 N–H and O–H groups in total. The fraction of sp³-hybridized carbons (Fsp3) is 0.167. The van der Waals surface area contributed by atoms with Gasteiger partial charge in [-0.15, -0.1) is 0 Å². The van der Waals surface area contributed by atoms with Crippen LogP contribution in [0.1, 0.15) is 17.3 Å². The number of hydrogen-bond acceptors (Lipinski definition) is 3. The van der Waals surface area contributed by atoms with Crippen LogP contribution in [-0.2, 0) is 4.79 Å². The van der Waals surface area contributed by atoms with Crippen molar-refractivity contribution in [2.24, 2.45) is 0 Å². The summed E-state index contributed by atoms with van der Waals surface area (Å²) >= 11 is 0. The maximum absolute atomic E-state index is 10.8. The van der Waals surface area contributed by atoms with Crippen molar-refractivity contribution in [1.82, 2.24) is 10.2 Å². The van der Waals surface area contributed by atoms with Gasteiger partial charge >= 0.3 is 5.97 Å². The summed E-state index contributed by atoms with van der Waals surface area (Å²) in [6.07, 6.45) is 0. The number of carbonyl (C=O) groups excluding carboxylic acids is 1. The third-order valence-corrected chi connectivity index (χ3v) is 1.29. The molecule has 0 radical (unpaired) electrons. The number of aromatic nitrogens is 2. The van der Waals surface area contributed by atoms with Crippen molar-refractivity contribution in [2.75, 3.05) is 5.32 Å². The standard InChI is InChI=1S/C6H7N3O4/c1-2(10)7-4-3(6(12)13)5(11)9-8-4/h1H3,(H,12,13)(H3,7,8,9,10,11). The monoisotopic (exact) mass is 185 g/mol. The third-order valence-electron chi connectivity index (χ3n) is 1.29. The fourth-order valence-electron chi connectivity index (χ4n) is 0.832. The molecule has 1 aromatic rings. The van der Waals surface area contributed by atoms with Crippen LogP contribution < -0.4 is 10.9 Å². The Labute approximate surface area is 71.8 Å². The highest BCUT2D eigenvalue weighted by Crippen LogP contribution is 2.05. The molecule has 0 bridgehead atoms. The number of carboxylic acid groups (broad SMARTS) is 1. The molecule has 0 saturated heterocycles. The van der Waals surface area contributed by atoms with Gasteiger partial charge in [0.1, 0.15) is 5.82 Å². The average Bonchev–Trinajstić information content (AvgIpc) is 2.30. The largest absolute Gasteiger partial charge is 0.477 e. The molecule has 7 nitrogen and oxygen atoms in total. The van der Waals surface area contributed by atoms with Gasteiger partial charge in [0.2, 0.25) is 5.91 Å². The zero-order valence-electron chi connectivity index (χ0n) is 6.67. The van der Waals surface area contributed by atoms with E-state index < -0.39 is 23.0 Å². The van der Waals surface area contributed by atoms with E-state index in [9.17, 15) is 14.4 Å². The van der Waals surface area contributed by atoms with E-state index in [4.69, 9.17) is 5.11 Å². The number of aromatic carboxylic acids is 1. The highest BCUT2D eigenvalue weighted by Gasteiger charge is 2.17. The number of amides is 1. The maximum atomic E-state index is 10.8. The van der Waals surface area contributed by atoms with Gasteiger partial charge in [0.15, 0.2) is 5.56 Å². The molecule has 70 valence electrons. The van der Waals surface area contributed by atoms with Crippen LogP contribution in [0.5, 0.6) is 0 Å². The minimum absolute atomic E-state index is 0.134. The van der Waals surface area contributed by atoms with Gasteiger partial charge in [-0.3, -0.25) is 19.8 Å². The number of rotatable bonds is 2. The lowest BCUT2D eigenvalue weighted by Crippen LogP contribution is -2.15. The summed E-state index contributed by atoms with van der Waals surface area (Å²) < 4.78 is 0. The molecule has 1 amide bonds. The van der Waals surface area contributed by atoms with Crippen LogP contribution in [0.4, 0.5) is 5.82 Å². The Hall–Kier alpha value is -2.05. The van der Waals surface area contributed by atoms with E-state index in [0.717, 1.165) is 0 Å². The second kappa shape index (κ2) is 3.13. The predicted octanol–water partition coefficient (Wildman–Crippen LogP) is -0.640. The van der Waals surface area contributed by atoms with Gasteiger partial charge in [0.25, 0.3) is 5.56 Å². The van der Waals surface area contributed by atoms with Crippen molar-refractivity contribution in [3.05, 3.63) is 15.9 Å². The van der Waals surface area contributed by atoms with E-state index in [1.165, 1.54) is 6.92 Å². The van der Waals surface area contributed by atoms with Crippen molar-refractivity contribution in [2.45, 2.75) is 6.92 Å². The summed E-state index contributed by atoms with van der Waals surface area (Å²) in [7, 11) is 0. The first-order valence-corrected chi connectivity index (χ1v) is 3.34. The summed E-state index contributed by atoms with van der Waals surface area (Å²) in [5.74, 6) is -1.99. The number of H-pyrrole nitrogens is 2. The Morgan fingerprint density at radius 1 is 1.38 bits per heavy atom. The van der Waals surface area contributed by atoms with Crippen LogP contribution in [0.3, 0.4) is 0 Å². The van der Waals surface area contributed by atoms with Gasteiger partial charge in [-0.1, -0.05) is 0 Å². The zero-order chi connectivity index (χ0) is 10.0. The highest BCUT2D eigenvalue weighted by molar-refractivity contribution is 5.98. The number of carboxylic acids is 1. The molecule has 0 aromatic carbocycles. The normalized spacial score (nSPS) is 9.62. The second-order valence-electron chi connectivity index (χ2n) is 2.32. The summed E-state index contributed by atoms with van der Waals surface area (Å²) in [5.41, 5.74) is -1.29. The Balaban J connectivity index is 3.15. The van der Waals surface area contributed by atoms with Crippen molar-refractivity contribution in [1.29, 1.82) is 0 Å². The molecule has 0 aliphatic rings. The van der Waals surface area contributed by atoms with E-state index in [0.29, 0.717) is 0 Å². The number of anilines is 1. The molecule has 0 aliphatic carbocycles. The molecule has 1 aromatic heterocycles. The van der Waals surface area contributed by atoms with Gasteiger partial charge in [-0.25, -0.2) is 4.79 Å². The quantitative estimate of drug-likeness (QED) is 0.490. The van der Waals surface area contributed by atoms with E-state index >= 15 is 0 Å². The van der Waals surface area contributed by atoms with Gasteiger partial charge in [0.05, 0.1) is 0 Å². The van der Waals surface area contributed by atoms with E-state index in [2.05, 4.69) is 10.4 Å². The van der Waals surface area contributed by atoms with Crippen molar-refractivity contribution in [3.63, 3.8) is 0 Å². The Morgan fingerprint density at radius 3 is 2.46 bits per heavy atom. The first-order valence-electron chi connectivity index (χ1n) is 3.34. The molecule has 1 rings (SSSR count). The number of carbonyl (C=O) groups is 2. The first kappa shape index (κ1) is 9.04. The third kappa shape index (κ3) is 1.75. The topological polar surface area (TPSA) is 115 Å². The number of nitrogens with one attached hydrogen (secondary N) is 3. The maximum Gasteiger partial charge on any atom is 0.345 e. The van der Waals surface area contributed by atoms with Crippen LogP contribution in [0.2, 0.25) is 0 Å². The molecule has 13 heavy (non-hydrogen) atoms. The SMILES string of the molecule is CC(=O)Nc1[nH][nH]c(=O)c1C(=O)O. The van der Waals surface area contributed by atoms with Crippen LogP contribution in [0.25, 0.3) is 0 Å². The van der Waals surface area contributed by atoms with Crippen LogP contribution in [0.15, 0.2) is 4.79 Å². The molecule has 1 heterocycles. The van der Waals surface area contributed by atoms with Crippen LogP contribution in [0, 0.1) is 0 Å². The Kier molecular flexibility index (Phi) is 2.18. The summed E-state index contributed by atoms with van der Waals surface area (Å²) in [6.45, 7) is 1.21. The van der Waals surface area contributed by atoms with Gasteiger partial charge in [-0.2, -0.15) is 0 Å². The van der Waals surface area contributed by atoms with E-state index in [-0.39, 0.29) is 5.82 Å². The molecular weight excluding hydrogens is 178 g/mol. The molecule has 7 heteroatoms. The summed E-state index contributed by atoms with van der Waals surface area (Å²) in [5, 5.41) is 15.0. The zero-order valence-corrected chi connectivity index (χ0v) is 6.67. The minimum atomic E-state index is -1.40. The molecule has 0 spiro atoms. The molecule has 0 saturated carbocycles. The first-order chi connectivity index (χ1) is 6.02. The van der Waals surface area contributed by atoms with Crippen molar-refractivity contribution >= 4 is 17.7 Å². The number of aromatic amines is 2. The van der Waals surface area contributed by atoms with Gasteiger partial charge in [0, 0.05) is 6.92 Å². The smallest absolute Gasteiger partial charge is 0.345 e. The highest BCUT2D eigenvalue weighted by atomic mass is 16.4. The molecular formula is C6H7N3O4. The molecule has 0 fully saturated rings. The second-order valence-corrected chi connectivity index (χ2v) is 2.32. The lowest BCUT2D eigenvalue weighted by atomic mass is 10.3. The van der Waals surface area contributed by atoms with Crippen LogP contribution in [-0.4, -0.2) is 27.2 Å². The summed E-state index contributed by atoms with van der Waals surface area (Å²) in [4.78, 5) is 31.9. The lowest BCUT2D eigenvalue weighted by Gasteiger charge is -1.97. The molecule has 0 unspecified atom stereocenters. The molecule has 0 atom stereocenters. The minimum Gasteiger partial charge on any atom is -0.477 e. The van der Waals surface area contributed by atoms with E-state index in [1.807, 2.05) is 5.10 Å². The Bertz CT molecular complexity index is 402.